The molecule has 5 unspecified atom stereocenters. The van der Waals surface area contributed by atoms with Gasteiger partial charge in [-0.15, -0.1) is 0 Å². The predicted octanol–water partition coefficient (Wildman–Crippen LogP) is 0.270. The van der Waals surface area contributed by atoms with Gasteiger partial charge in [0, 0.05) is 6.42 Å². The molecule has 0 aromatic carbocycles. The van der Waals surface area contributed by atoms with E-state index in [0.29, 0.717) is 24.3 Å². The van der Waals surface area contributed by atoms with Crippen molar-refractivity contribution in [3.05, 3.63) is 0 Å². The fourth-order valence-electron chi connectivity index (χ4n) is 2.90. The van der Waals surface area contributed by atoms with Gasteiger partial charge in [-0.1, -0.05) is 20.3 Å². The van der Waals surface area contributed by atoms with Crippen LogP contribution in [0.2, 0.25) is 0 Å². The molecule has 34 heavy (non-hydrogen) atoms. The van der Waals surface area contributed by atoms with Gasteiger partial charge in [-0.2, -0.15) is 23.5 Å². The summed E-state index contributed by atoms with van der Waals surface area (Å²) in [5.74, 6) is -3.49. The number of thioether (sulfide) groups is 2. The first-order valence-corrected chi connectivity index (χ1v) is 13.9. The normalized spacial score (nSPS) is 15.3. The molecule has 0 aliphatic rings. The highest BCUT2D eigenvalue weighted by atomic mass is 32.2. The van der Waals surface area contributed by atoms with Crippen molar-refractivity contribution in [2.24, 2.45) is 11.7 Å². The summed E-state index contributed by atoms with van der Waals surface area (Å²) in [6.07, 6.45) is 4.17. The highest BCUT2D eigenvalue weighted by Crippen LogP contribution is 2.11. The first kappa shape index (κ1) is 32.0. The van der Waals surface area contributed by atoms with Crippen molar-refractivity contribution >= 4 is 53.2 Å². The van der Waals surface area contributed by atoms with Crippen molar-refractivity contribution < 1.29 is 34.2 Å². The summed E-state index contributed by atoms with van der Waals surface area (Å²) >= 11 is 2.96. The van der Waals surface area contributed by atoms with Crippen LogP contribution in [0.25, 0.3) is 0 Å². The van der Waals surface area contributed by atoms with Gasteiger partial charge in [-0.3, -0.25) is 19.2 Å². The van der Waals surface area contributed by atoms with E-state index in [2.05, 4.69) is 16.0 Å². The lowest BCUT2D eigenvalue weighted by molar-refractivity contribution is -0.143. The third kappa shape index (κ3) is 12.5. The van der Waals surface area contributed by atoms with Gasteiger partial charge in [-0.05, 0) is 49.2 Å². The van der Waals surface area contributed by atoms with Gasteiger partial charge in [0.25, 0.3) is 0 Å². The molecule has 0 saturated carbocycles. The number of nitrogens with one attached hydrogen (secondary N) is 3. The van der Waals surface area contributed by atoms with E-state index < -0.39 is 60.2 Å². The van der Waals surface area contributed by atoms with Gasteiger partial charge in [0.15, 0.2) is 0 Å². The molecule has 196 valence electrons. The van der Waals surface area contributed by atoms with Crippen molar-refractivity contribution in [2.75, 3.05) is 24.0 Å². The van der Waals surface area contributed by atoms with Crippen molar-refractivity contribution in [1.29, 1.82) is 0 Å². The monoisotopic (exact) mass is 522 g/mol. The van der Waals surface area contributed by atoms with Crippen molar-refractivity contribution in [1.82, 2.24) is 16.0 Å². The molecule has 0 bridgehead atoms. The minimum Gasteiger partial charge on any atom is -0.481 e. The first-order chi connectivity index (χ1) is 16.0. The Balaban J connectivity index is 5.54. The van der Waals surface area contributed by atoms with E-state index in [1.807, 2.05) is 13.2 Å². The van der Waals surface area contributed by atoms with E-state index in [9.17, 15) is 29.1 Å². The molecule has 0 aromatic rings. The lowest BCUT2D eigenvalue weighted by Crippen LogP contribution is -2.58. The van der Waals surface area contributed by atoms with Crippen molar-refractivity contribution in [2.45, 2.75) is 70.1 Å². The standard InChI is InChI=1S/C21H38N4O7S2/c1-5-12(2)17(25-18(28)13(22)8-10-33-3)20(30)23-14(6-7-16(26)27)19(29)24-15(21(31)32)9-11-34-4/h12-15,17H,5-11,22H2,1-4H3,(H,23,30)(H,24,29)(H,25,28)(H,26,27)(H,31,32). The highest BCUT2D eigenvalue weighted by molar-refractivity contribution is 7.98. The molecule has 0 heterocycles. The summed E-state index contributed by atoms with van der Waals surface area (Å²) in [6.45, 7) is 3.59. The number of rotatable bonds is 18. The molecular weight excluding hydrogens is 484 g/mol. The molecule has 0 aliphatic heterocycles. The van der Waals surface area contributed by atoms with Gasteiger partial charge >= 0.3 is 11.9 Å². The zero-order chi connectivity index (χ0) is 26.3. The largest absolute Gasteiger partial charge is 0.481 e. The summed E-state index contributed by atoms with van der Waals surface area (Å²) < 4.78 is 0. The molecule has 5 atom stereocenters. The van der Waals surface area contributed by atoms with Crippen LogP contribution < -0.4 is 21.7 Å². The number of aliphatic carboxylic acids is 2. The number of amides is 3. The number of carboxylic acids is 2. The zero-order valence-electron chi connectivity index (χ0n) is 20.2. The molecule has 7 N–H and O–H groups in total. The molecule has 0 spiro atoms. The number of hydrogen-bond donors (Lipinski definition) is 6. The average Bonchev–Trinajstić information content (AvgIpc) is 2.79. The minimum absolute atomic E-state index is 0.168. The molecular formula is C21H38N4O7S2. The number of carbonyl (C=O) groups excluding carboxylic acids is 3. The smallest absolute Gasteiger partial charge is 0.326 e. The van der Waals surface area contributed by atoms with Gasteiger partial charge in [0.2, 0.25) is 17.7 Å². The predicted molar refractivity (Wildman–Crippen MR) is 134 cm³/mol. The van der Waals surface area contributed by atoms with Crippen LogP contribution in [-0.2, 0) is 24.0 Å². The van der Waals surface area contributed by atoms with E-state index in [1.54, 1.807) is 13.2 Å². The summed E-state index contributed by atoms with van der Waals surface area (Å²) in [4.78, 5) is 60.9. The molecule has 0 radical (unpaired) electrons. The topological polar surface area (TPSA) is 188 Å². The Morgan fingerprint density at radius 3 is 1.88 bits per heavy atom. The van der Waals surface area contributed by atoms with Crippen molar-refractivity contribution in [3.8, 4) is 0 Å². The van der Waals surface area contributed by atoms with Crippen LogP contribution in [0.1, 0.15) is 46.0 Å². The maximum Gasteiger partial charge on any atom is 0.326 e. The van der Waals surface area contributed by atoms with Crippen LogP contribution >= 0.6 is 23.5 Å². The minimum atomic E-state index is -1.28. The Morgan fingerprint density at radius 2 is 1.38 bits per heavy atom. The third-order valence-electron chi connectivity index (χ3n) is 5.27. The van der Waals surface area contributed by atoms with E-state index >= 15 is 0 Å². The lowest BCUT2D eigenvalue weighted by atomic mass is 9.97. The Bertz CT molecular complexity index is 696. The second-order valence-corrected chi connectivity index (χ2v) is 9.91. The average molecular weight is 523 g/mol. The molecule has 0 aliphatic carbocycles. The number of nitrogens with two attached hydrogens (primary N) is 1. The Morgan fingerprint density at radius 1 is 0.824 bits per heavy atom. The van der Waals surface area contributed by atoms with Crippen LogP contribution in [-0.4, -0.2) is 88.1 Å². The van der Waals surface area contributed by atoms with Crippen LogP contribution in [0.5, 0.6) is 0 Å². The first-order valence-electron chi connectivity index (χ1n) is 11.1. The fraction of sp³-hybridized carbons (Fsp3) is 0.762. The maximum atomic E-state index is 13.0. The second-order valence-electron chi connectivity index (χ2n) is 7.93. The number of hydrogen-bond acceptors (Lipinski definition) is 8. The quantitative estimate of drug-likeness (QED) is 0.146. The summed E-state index contributed by atoms with van der Waals surface area (Å²) in [5.41, 5.74) is 5.90. The Kier molecular flexibility index (Phi) is 16.4. The Labute approximate surface area is 209 Å². The van der Waals surface area contributed by atoms with Crippen molar-refractivity contribution in [3.63, 3.8) is 0 Å². The van der Waals surface area contributed by atoms with Gasteiger partial charge in [0.1, 0.15) is 18.1 Å². The molecule has 0 rings (SSSR count). The Hall–Kier alpha value is -1.99. The molecule has 11 nitrogen and oxygen atoms in total. The maximum absolute atomic E-state index is 13.0. The van der Waals surface area contributed by atoms with E-state index in [4.69, 9.17) is 10.8 Å². The highest BCUT2D eigenvalue weighted by Gasteiger charge is 2.32. The van der Waals surface area contributed by atoms with Gasteiger partial charge in [0.05, 0.1) is 6.04 Å². The van der Waals surface area contributed by atoms with Crippen LogP contribution in [0.3, 0.4) is 0 Å². The molecule has 3 amide bonds. The fourth-order valence-corrected chi connectivity index (χ4v) is 3.86. The lowest BCUT2D eigenvalue weighted by Gasteiger charge is -2.28. The zero-order valence-corrected chi connectivity index (χ0v) is 21.8. The van der Waals surface area contributed by atoms with Gasteiger partial charge < -0.3 is 31.9 Å². The van der Waals surface area contributed by atoms with E-state index in [-0.39, 0.29) is 18.8 Å². The molecule has 0 aromatic heterocycles. The second kappa shape index (κ2) is 17.4. The van der Waals surface area contributed by atoms with Crippen LogP contribution in [0, 0.1) is 5.92 Å². The van der Waals surface area contributed by atoms with Crippen LogP contribution in [0.4, 0.5) is 0 Å². The molecule has 0 fully saturated rings. The molecule has 0 saturated heterocycles. The SMILES string of the molecule is CCC(C)C(NC(=O)C(N)CCSC)C(=O)NC(CCC(=O)O)C(=O)NC(CCSC)C(=O)O. The summed E-state index contributed by atoms with van der Waals surface area (Å²) in [6, 6.07) is -4.26. The summed E-state index contributed by atoms with van der Waals surface area (Å²) in [5, 5.41) is 25.9. The van der Waals surface area contributed by atoms with E-state index in [1.165, 1.54) is 23.5 Å². The molecule has 13 heteroatoms. The third-order valence-corrected chi connectivity index (χ3v) is 6.56. The number of carbonyl (C=O) groups is 5. The van der Waals surface area contributed by atoms with Gasteiger partial charge in [-0.25, -0.2) is 4.79 Å². The number of carboxylic acid groups (broad SMARTS) is 2. The van der Waals surface area contributed by atoms with E-state index in [0.717, 1.165) is 0 Å². The summed E-state index contributed by atoms with van der Waals surface area (Å²) in [7, 11) is 0. The van der Waals surface area contributed by atoms with Crippen LogP contribution in [0.15, 0.2) is 0 Å².